The summed E-state index contributed by atoms with van der Waals surface area (Å²) < 4.78 is 33.9. The zero-order chi connectivity index (χ0) is 34.4. The number of urea groups is 1. The highest BCUT2D eigenvalue weighted by Crippen LogP contribution is 2.40. The highest BCUT2D eigenvalue weighted by Gasteiger charge is 2.55. The molecule has 4 atom stereocenters. The third-order valence-electron chi connectivity index (χ3n) is 9.34. The summed E-state index contributed by atoms with van der Waals surface area (Å²) in [5.41, 5.74) is 3.70. The van der Waals surface area contributed by atoms with E-state index < -0.39 is 29.9 Å². The third kappa shape index (κ3) is 8.13. The lowest BCUT2D eigenvalue weighted by Gasteiger charge is -2.37. The van der Waals surface area contributed by atoms with Gasteiger partial charge < -0.3 is 24.0 Å². The monoisotopic (exact) mass is 661 g/mol. The highest BCUT2D eigenvalue weighted by molar-refractivity contribution is 5.76. The predicted octanol–water partition coefficient (Wildman–Crippen LogP) is 8.06. The maximum Gasteiger partial charge on any atom is 0.321 e. The van der Waals surface area contributed by atoms with E-state index in [2.05, 4.69) is 31.2 Å². The summed E-state index contributed by atoms with van der Waals surface area (Å²) in [7, 11) is 0. The lowest BCUT2D eigenvalue weighted by Crippen LogP contribution is -2.51. The first-order valence-corrected chi connectivity index (χ1v) is 17.2. The van der Waals surface area contributed by atoms with Crippen LogP contribution in [-0.2, 0) is 35.4 Å². The Kier molecular flexibility index (Phi) is 10.6. The van der Waals surface area contributed by atoms with E-state index in [0.717, 1.165) is 35.3 Å². The molecule has 2 heterocycles. The van der Waals surface area contributed by atoms with Gasteiger partial charge in [-0.2, -0.15) is 5.26 Å². The first-order valence-electron chi connectivity index (χ1n) is 17.2. The van der Waals surface area contributed by atoms with Gasteiger partial charge in [-0.1, -0.05) is 92.2 Å². The smallest absolute Gasteiger partial charge is 0.321 e. The Morgan fingerprint density at radius 2 is 1.31 bits per heavy atom. The Balaban J connectivity index is 1.45. The SMILES string of the molecule is CCCCOc1ccc(CN2C(=O)N(Cc3ccc(F)c(C#N)c3)[C@H](Cc3ccccc3)[C@@H]3OC(C)(C)O[C@H]3[C@H]2Cc2ccccc2)cc1. The molecule has 4 aromatic rings. The Morgan fingerprint density at radius 1 is 0.776 bits per heavy atom. The van der Waals surface area contributed by atoms with Gasteiger partial charge >= 0.3 is 6.03 Å². The van der Waals surface area contributed by atoms with Crippen molar-refractivity contribution in [2.45, 2.75) is 89.6 Å². The Hall–Kier alpha value is -4.71. The van der Waals surface area contributed by atoms with Gasteiger partial charge in [0.25, 0.3) is 0 Å². The molecule has 0 spiro atoms. The van der Waals surface area contributed by atoms with Crippen molar-refractivity contribution < 1.29 is 23.4 Å². The molecular formula is C41H44FN3O4. The second-order valence-electron chi connectivity index (χ2n) is 13.4. The molecule has 0 aliphatic carbocycles. The van der Waals surface area contributed by atoms with E-state index in [1.54, 1.807) is 6.07 Å². The minimum Gasteiger partial charge on any atom is -0.494 e. The number of carbonyl (C=O) groups is 1. The molecule has 254 valence electrons. The number of rotatable bonds is 12. The van der Waals surface area contributed by atoms with Crippen LogP contribution in [0.2, 0.25) is 0 Å². The number of amides is 2. The van der Waals surface area contributed by atoms with Gasteiger partial charge in [-0.25, -0.2) is 9.18 Å². The molecule has 2 aliphatic rings. The average molecular weight is 662 g/mol. The molecule has 2 amide bonds. The number of unbranched alkanes of at least 4 members (excludes halogenated alkanes) is 1. The van der Waals surface area contributed by atoms with Crippen LogP contribution in [0.1, 0.15) is 61.4 Å². The molecular weight excluding hydrogens is 617 g/mol. The summed E-state index contributed by atoms with van der Waals surface area (Å²) in [6.45, 7) is 7.14. The van der Waals surface area contributed by atoms with Gasteiger partial charge in [0.15, 0.2) is 5.79 Å². The molecule has 7 nitrogen and oxygen atoms in total. The summed E-state index contributed by atoms with van der Waals surface area (Å²) in [4.78, 5) is 19.0. The van der Waals surface area contributed by atoms with Crippen molar-refractivity contribution in [2.24, 2.45) is 0 Å². The van der Waals surface area contributed by atoms with Crippen molar-refractivity contribution in [3.63, 3.8) is 0 Å². The average Bonchev–Trinajstić information content (AvgIpc) is 3.41. The third-order valence-corrected chi connectivity index (χ3v) is 9.34. The number of nitrogens with zero attached hydrogens (tertiary/aromatic N) is 3. The minimum absolute atomic E-state index is 0.0566. The van der Waals surface area contributed by atoms with Crippen LogP contribution in [0.4, 0.5) is 9.18 Å². The fraction of sp³-hybridized carbons (Fsp3) is 0.366. The van der Waals surface area contributed by atoms with Gasteiger partial charge in [0.1, 0.15) is 29.8 Å². The number of hydrogen-bond donors (Lipinski definition) is 0. The molecule has 49 heavy (non-hydrogen) atoms. The number of fused-ring (bicyclic) bond motifs is 1. The van der Waals surface area contributed by atoms with Gasteiger partial charge in [0, 0.05) is 13.1 Å². The summed E-state index contributed by atoms with van der Waals surface area (Å²) in [5.74, 6) is -0.683. The van der Waals surface area contributed by atoms with E-state index in [9.17, 15) is 9.65 Å². The quantitative estimate of drug-likeness (QED) is 0.144. The molecule has 0 saturated carbocycles. The molecule has 6 rings (SSSR count). The largest absolute Gasteiger partial charge is 0.494 e. The van der Waals surface area contributed by atoms with Crippen molar-refractivity contribution in [3.05, 3.63) is 137 Å². The summed E-state index contributed by atoms with van der Waals surface area (Å²) in [5, 5.41) is 9.61. The molecule has 0 N–H and O–H groups in total. The standard InChI is InChI=1S/C41H44FN3O4/c1-4-5-22-47-34-19-16-31(17-20-34)27-44-36(24-29-12-8-6-9-13-29)38-39(49-41(2,3)48-38)37(25-30-14-10-7-11-15-30)45(40(44)46)28-32-18-21-35(42)33(23-32)26-43/h6-21,23,36-39H,4-5,22,24-25,27-28H2,1-3H3/t36-,37-,38+,39+/m1/s1. The van der Waals surface area contributed by atoms with Gasteiger partial charge in [0.2, 0.25) is 0 Å². The second kappa shape index (κ2) is 15.2. The lowest BCUT2D eigenvalue weighted by atomic mass is 9.91. The van der Waals surface area contributed by atoms with Gasteiger partial charge in [-0.05, 0) is 79.6 Å². The van der Waals surface area contributed by atoms with Gasteiger partial charge in [-0.15, -0.1) is 0 Å². The molecule has 0 unspecified atom stereocenters. The first-order chi connectivity index (χ1) is 23.7. The molecule has 0 bridgehead atoms. The zero-order valence-corrected chi connectivity index (χ0v) is 28.4. The van der Waals surface area contributed by atoms with Crippen LogP contribution in [0.15, 0.2) is 103 Å². The number of benzene rings is 4. The number of hydrogen-bond acceptors (Lipinski definition) is 5. The number of halogens is 1. The van der Waals surface area contributed by atoms with E-state index >= 15 is 4.79 Å². The van der Waals surface area contributed by atoms with Crippen LogP contribution < -0.4 is 4.74 Å². The molecule has 4 aromatic carbocycles. The molecule has 2 aliphatic heterocycles. The molecule has 0 aromatic heterocycles. The topological polar surface area (TPSA) is 75.0 Å². The highest BCUT2D eigenvalue weighted by atomic mass is 19.1. The van der Waals surface area contributed by atoms with Crippen LogP contribution in [0.25, 0.3) is 0 Å². The Labute approximate surface area is 288 Å². The lowest BCUT2D eigenvalue weighted by molar-refractivity contribution is -0.157. The molecule has 8 heteroatoms. The summed E-state index contributed by atoms with van der Waals surface area (Å²) in [6.07, 6.45) is 2.21. The van der Waals surface area contributed by atoms with Crippen LogP contribution >= 0.6 is 0 Å². The van der Waals surface area contributed by atoms with Crippen LogP contribution in [0.5, 0.6) is 5.75 Å². The van der Waals surface area contributed by atoms with Crippen molar-refractivity contribution in [2.75, 3.05) is 6.61 Å². The second-order valence-corrected chi connectivity index (χ2v) is 13.4. The van der Waals surface area contributed by atoms with Crippen molar-refractivity contribution in [1.29, 1.82) is 5.26 Å². The molecule has 0 radical (unpaired) electrons. The van der Waals surface area contributed by atoms with Gasteiger partial charge in [-0.3, -0.25) is 0 Å². The number of ether oxygens (including phenoxy) is 3. The maximum absolute atomic E-state index is 15.2. The van der Waals surface area contributed by atoms with Crippen LogP contribution in [0.3, 0.4) is 0 Å². The molecule has 2 fully saturated rings. The Morgan fingerprint density at radius 3 is 1.84 bits per heavy atom. The number of nitriles is 1. The van der Waals surface area contributed by atoms with E-state index in [4.69, 9.17) is 14.2 Å². The Bertz CT molecular complexity index is 1740. The van der Waals surface area contributed by atoms with Crippen molar-refractivity contribution >= 4 is 6.03 Å². The summed E-state index contributed by atoms with van der Waals surface area (Å²) >= 11 is 0. The normalized spacial score (nSPS) is 21.6. The maximum atomic E-state index is 15.2. The van der Waals surface area contributed by atoms with Crippen LogP contribution in [-0.4, -0.2) is 52.5 Å². The fourth-order valence-electron chi connectivity index (χ4n) is 6.92. The van der Waals surface area contributed by atoms with Crippen molar-refractivity contribution in [1.82, 2.24) is 9.80 Å². The molecule has 2 saturated heterocycles. The summed E-state index contributed by atoms with van der Waals surface area (Å²) in [6, 6.07) is 33.6. The van der Waals surface area contributed by atoms with E-state index in [1.165, 1.54) is 12.1 Å². The number of carbonyl (C=O) groups excluding carboxylic acids is 1. The van der Waals surface area contributed by atoms with Crippen LogP contribution in [0, 0.1) is 17.1 Å². The van der Waals surface area contributed by atoms with E-state index in [1.807, 2.05) is 90.4 Å². The van der Waals surface area contributed by atoms with E-state index in [-0.39, 0.29) is 24.2 Å². The minimum atomic E-state index is -0.891. The van der Waals surface area contributed by atoms with Gasteiger partial charge in [0.05, 0.1) is 24.3 Å². The first kappa shape index (κ1) is 34.2. The predicted molar refractivity (Wildman–Crippen MR) is 186 cm³/mol. The van der Waals surface area contributed by atoms with Crippen molar-refractivity contribution in [3.8, 4) is 11.8 Å². The zero-order valence-electron chi connectivity index (χ0n) is 28.4. The van der Waals surface area contributed by atoms with E-state index in [0.29, 0.717) is 31.6 Å². The fourth-order valence-corrected chi connectivity index (χ4v) is 6.92.